The minimum Gasteiger partial charge on any atom is -0.465 e. The number of esters is 1. The first-order valence-electron chi connectivity index (χ1n) is 9.08. The van der Waals surface area contributed by atoms with Gasteiger partial charge in [-0.25, -0.2) is 9.59 Å². The maximum atomic E-state index is 13.3. The lowest BCUT2D eigenvalue weighted by Gasteiger charge is -2.24. The molecule has 146 valence electrons. The highest BCUT2D eigenvalue weighted by molar-refractivity contribution is 5.89. The summed E-state index contributed by atoms with van der Waals surface area (Å²) in [5.74, 6) is -0.435. The average molecular weight is 380 g/mol. The van der Waals surface area contributed by atoms with Crippen molar-refractivity contribution < 1.29 is 9.53 Å². The molecule has 0 N–H and O–H groups in total. The van der Waals surface area contributed by atoms with Gasteiger partial charge in [-0.1, -0.05) is 24.3 Å². The zero-order valence-corrected chi connectivity index (χ0v) is 16.8. The van der Waals surface area contributed by atoms with E-state index in [1.165, 1.54) is 11.7 Å². The van der Waals surface area contributed by atoms with Crippen LogP contribution in [-0.2, 0) is 16.8 Å². The normalized spacial score (nSPS) is 11.6. The molecule has 0 fully saturated rings. The van der Waals surface area contributed by atoms with Gasteiger partial charge in [0.2, 0.25) is 0 Å². The summed E-state index contributed by atoms with van der Waals surface area (Å²) < 4.78 is 7.68. The van der Waals surface area contributed by atoms with E-state index in [1.807, 2.05) is 45.9 Å². The van der Waals surface area contributed by atoms with E-state index in [9.17, 15) is 14.4 Å². The Morgan fingerprint density at radius 2 is 1.75 bits per heavy atom. The standard InChI is InChI=1S/C22H24N2O4/c1-14-8-6-11-17-18(14)23(21(27)24(19(17)25)22(2,3)4)13-15-9-7-10-16(12-15)20(26)28-5/h6-12H,13H2,1-5H3. The topological polar surface area (TPSA) is 70.3 Å². The molecular weight excluding hydrogens is 356 g/mol. The molecule has 0 spiro atoms. The van der Waals surface area contributed by atoms with E-state index < -0.39 is 11.5 Å². The number of hydrogen-bond donors (Lipinski definition) is 0. The van der Waals surface area contributed by atoms with Crippen LogP contribution in [0.25, 0.3) is 10.9 Å². The first kappa shape index (κ1) is 19.6. The molecule has 28 heavy (non-hydrogen) atoms. The van der Waals surface area contributed by atoms with Gasteiger partial charge >= 0.3 is 11.7 Å². The van der Waals surface area contributed by atoms with Gasteiger partial charge < -0.3 is 4.74 Å². The van der Waals surface area contributed by atoms with Crippen LogP contribution < -0.4 is 11.2 Å². The van der Waals surface area contributed by atoms with Crippen molar-refractivity contribution in [3.05, 3.63) is 80.0 Å². The Kier molecular flexibility index (Phi) is 4.98. The molecular formula is C22H24N2O4. The van der Waals surface area contributed by atoms with Crippen LogP contribution in [0.2, 0.25) is 0 Å². The summed E-state index contributed by atoms with van der Waals surface area (Å²) in [4.78, 5) is 38.2. The van der Waals surface area contributed by atoms with E-state index in [1.54, 1.807) is 28.8 Å². The number of benzene rings is 2. The number of carbonyl (C=O) groups is 1. The van der Waals surface area contributed by atoms with Crippen LogP contribution in [0.3, 0.4) is 0 Å². The highest BCUT2D eigenvalue weighted by atomic mass is 16.5. The molecule has 6 nitrogen and oxygen atoms in total. The fourth-order valence-corrected chi connectivity index (χ4v) is 3.45. The quantitative estimate of drug-likeness (QED) is 0.655. The van der Waals surface area contributed by atoms with Gasteiger partial charge in [0.1, 0.15) is 0 Å². The van der Waals surface area contributed by atoms with Crippen LogP contribution in [0.15, 0.2) is 52.1 Å². The highest BCUT2D eigenvalue weighted by Gasteiger charge is 2.23. The zero-order chi connectivity index (χ0) is 20.6. The van der Waals surface area contributed by atoms with Crippen molar-refractivity contribution in [3.63, 3.8) is 0 Å². The van der Waals surface area contributed by atoms with Gasteiger partial charge in [-0.15, -0.1) is 0 Å². The van der Waals surface area contributed by atoms with Crippen LogP contribution in [-0.4, -0.2) is 22.2 Å². The summed E-state index contributed by atoms with van der Waals surface area (Å²) in [5, 5.41) is 0.499. The Morgan fingerprint density at radius 3 is 2.39 bits per heavy atom. The Bertz CT molecular complexity index is 1180. The van der Waals surface area contributed by atoms with Crippen LogP contribution in [0, 0.1) is 6.92 Å². The lowest BCUT2D eigenvalue weighted by molar-refractivity contribution is 0.0600. The SMILES string of the molecule is COC(=O)c1cccc(Cn2c(=O)n(C(C)(C)C)c(=O)c3cccc(C)c32)c1. The van der Waals surface area contributed by atoms with Gasteiger partial charge in [-0.05, 0) is 57.0 Å². The van der Waals surface area contributed by atoms with Gasteiger partial charge in [-0.3, -0.25) is 13.9 Å². The molecule has 0 amide bonds. The lowest BCUT2D eigenvalue weighted by Crippen LogP contribution is -2.48. The molecule has 3 aromatic rings. The third kappa shape index (κ3) is 3.38. The number of fused-ring (bicyclic) bond motifs is 1. The van der Waals surface area contributed by atoms with Crippen molar-refractivity contribution in [1.82, 2.24) is 9.13 Å². The Hall–Kier alpha value is -3.15. The molecule has 3 rings (SSSR count). The number of carbonyl (C=O) groups excluding carboxylic acids is 1. The third-order valence-corrected chi connectivity index (χ3v) is 4.72. The fraction of sp³-hybridized carbons (Fsp3) is 0.318. The molecule has 0 atom stereocenters. The summed E-state index contributed by atoms with van der Waals surface area (Å²) in [6.45, 7) is 7.62. The van der Waals surface area contributed by atoms with Gasteiger partial charge in [0.25, 0.3) is 5.56 Å². The largest absolute Gasteiger partial charge is 0.465 e. The van der Waals surface area contributed by atoms with Gasteiger partial charge in [0, 0.05) is 5.54 Å². The van der Waals surface area contributed by atoms with E-state index in [0.29, 0.717) is 16.5 Å². The van der Waals surface area contributed by atoms with Crippen molar-refractivity contribution in [2.24, 2.45) is 0 Å². The maximum absolute atomic E-state index is 13.3. The van der Waals surface area contributed by atoms with Crippen LogP contribution in [0.1, 0.15) is 42.3 Å². The fourth-order valence-electron chi connectivity index (χ4n) is 3.45. The molecule has 0 saturated carbocycles. The van der Waals surface area contributed by atoms with Crippen LogP contribution in [0.5, 0.6) is 0 Å². The van der Waals surface area contributed by atoms with Gasteiger partial charge in [0.15, 0.2) is 0 Å². The first-order valence-corrected chi connectivity index (χ1v) is 9.08. The minimum absolute atomic E-state index is 0.237. The number of hydrogen-bond acceptors (Lipinski definition) is 4. The molecule has 1 heterocycles. The molecule has 0 radical (unpaired) electrons. The van der Waals surface area contributed by atoms with E-state index in [2.05, 4.69) is 0 Å². The summed E-state index contributed by atoms with van der Waals surface area (Å²) in [7, 11) is 1.33. The molecule has 0 bridgehead atoms. The smallest absolute Gasteiger partial charge is 0.337 e. The Balaban J connectivity index is 2.31. The number of aromatic nitrogens is 2. The molecule has 2 aromatic carbocycles. The third-order valence-electron chi connectivity index (χ3n) is 4.72. The summed E-state index contributed by atoms with van der Waals surface area (Å²) >= 11 is 0. The molecule has 1 aromatic heterocycles. The number of rotatable bonds is 3. The van der Waals surface area contributed by atoms with Crippen molar-refractivity contribution >= 4 is 16.9 Å². The molecule has 0 unspecified atom stereocenters. The van der Waals surface area contributed by atoms with E-state index in [0.717, 1.165) is 11.1 Å². The second-order valence-electron chi connectivity index (χ2n) is 7.84. The molecule has 0 aliphatic heterocycles. The number of methoxy groups -OCH3 is 1. The summed E-state index contributed by atoms with van der Waals surface area (Å²) in [6.07, 6.45) is 0. The second-order valence-corrected chi connectivity index (χ2v) is 7.84. The van der Waals surface area contributed by atoms with E-state index in [-0.39, 0.29) is 17.8 Å². The number of ether oxygens (including phenoxy) is 1. The lowest BCUT2D eigenvalue weighted by atomic mass is 10.1. The van der Waals surface area contributed by atoms with Crippen LogP contribution in [0.4, 0.5) is 0 Å². The molecule has 0 aliphatic rings. The van der Waals surface area contributed by atoms with Crippen molar-refractivity contribution in [1.29, 1.82) is 0 Å². The monoisotopic (exact) mass is 380 g/mol. The molecule has 0 saturated heterocycles. The Morgan fingerprint density at radius 1 is 1.07 bits per heavy atom. The molecule has 6 heteroatoms. The van der Waals surface area contributed by atoms with Crippen LogP contribution >= 0.6 is 0 Å². The van der Waals surface area contributed by atoms with Crippen molar-refractivity contribution in [3.8, 4) is 0 Å². The maximum Gasteiger partial charge on any atom is 0.337 e. The number of nitrogens with zero attached hydrogens (tertiary/aromatic N) is 2. The summed E-state index contributed by atoms with van der Waals surface area (Å²) in [5.41, 5.74) is 1.31. The average Bonchev–Trinajstić information content (AvgIpc) is 2.64. The predicted octanol–water partition coefficient (Wildman–Crippen LogP) is 3.06. The number of para-hydroxylation sites is 1. The summed E-state index contributed by atoms with van der Waals surface area (Å²) in [6, 6.07) is 12.4. The predicted molar refractivity (Wildman–Crippen MR) is 109 cm³/mol. The van der Waals surface area contributed by atoms with Gasteiger partial charge in [0.05, 0.1) is 30.1 Å². The second kappa shape index (κ2) is 7.11. The van der Waals surface area contributed by atoms with Crippen molar-refractivity contribution in [2.45, 2.75) is 39.8 Å². The van der Waals surface area contributed by atoms with Crippen molar-refractivity contribution in [2.75, 3.05) is 7.11 Å². The minimum atomic E-state index is -0.665. The van der Waals surface area contributed by atoms with Gasteiger partial charge in [-0.2, -0.15) is 0 Å². The highest BCUT2D eigenvalue weighted by Crippen LogP contribution is 2.18. The van der Waals surface area contributed by atoms with E-state index >= 15 is 0 Å². The zero-order valence-electron chi connectivity index (χ0n) is 16.8. The number of aryl methyl sites for hydroxylation is 1. The first-order chi connectivity index (χ1) is 13.1. The Labute approximate surface area is 163 Å². The van der Waals surface area contributed by atoms with E-state index in [4.69, 9.17) is 4.74 Å². The molecule has 0 aliphatic carbocycles.